The van der Waals surface area contributed by atoms with Gasteiger partial charge in [0.25, 0.3) is 5.91 Å². The van der Waals surface area contributed by atoms with Gasteiger partial charge >= 0.3 is 6.03 Å². The van der Waals surface area contributed by atoms with Crippen molar-refractivity contribution < 1.29 is 14.3 Å². The van der Waals surface area contributed by atoms with Crippen molar-refractivity contribution in [3.8, 4) is 5.75 Å². The molecule has 6 heteroatoms. The van der Waals surface area contributed by atoms with Crippen molar-refractivity contribution in [2.24, 2.45) is 0 Å². The topological polar surface area (TPSA) is 79.5 Å². The zero-order valence-electron chi connectivity index (χ0n) is 16.4. The molecule has 0 unspecified atom stereocenters. The second-order valence-corrected chi connectivity index (χ2v) is 7.14. The summed E-state index contributed by atoms with van der Waals surface area (Å²) in [5, 5.41) is 8.75. The number of hydrogen-bond donors (Lipinski definition) is 3. The number of carbonyl (C=O) groups is 2. The Morgan fingerprint density at radius 1 is 1.07 bits per heavy atom. The monoisotopic (exact) mass is 381 g/mol. The molecule has 0 bridgehead atoms. The first kappa shape index (κ1) is 19.7. The van der Waals surface area contributed by atoms with Crippen LogP contribution in [-0.2, 0) is 6.54 Å². The molecule has 0 heterocycles. The quantitative estimate of drug-likeness (QED) is 0.708. The molecular weight excluding hydrogens is 354 g/mol. The van der Waals surface area contributed by atoms with Crippen LogP contribution in [-0.4, -0.2) is 25.1 Å². The summed E-state index contributed by atoms with van der Waals surface area (Å²) < 4.78 is 5.12. The molecule has 0 radical (unpaired) electrons. The highest BCUT2D eigenvalue weighted by molar-refractivity contribution is 5.96. The summed E-state index contributed by atoms with van der Waals surface area (Å²) in [5.74, 6) is 0.728. The van der Waals surface area contributed by atoms with Crippen molar-refractivity contribution in [3.63, 3.8) is 0 Å². The van der Waals surface area contributed by atoms with Gasteiger partial charge in [-0.2, -0.15) is 0 Å². The van der Waals surface area contributed by atoms with E-state index in [4.69, 9.17) is 4.74 Å². The van der Waals surface area contributed by atoms with Crippen LogP contribution in [0, 0.1) is 6.92 Å². The summed E-state index contributed by atoms with van der Waals surface area (Å²) in [6.07, 6.45) is 4.47. The van der Waals surface area contributed by atoms with Crippen LogP contribution in [0.1, 0.15) is 47.2 Å². The zero-order chi connectivity index (χ0) is 19.9. The fourth-order valence-corrected chi connectivity index (χ4v) is 3.38. The summed E-state index contributed by atoms with van der Waals surface area (Å²) in [4.78, 5) is 24.6. The molecule has 28 heavy (non-hydrogen) atoms. The Bertz CT molecular complexity index is 827. The van der Waals surface area contributed by atoms with E-state index in [1.54, 1.807) is 19.2 Å². The predicted molar refractivity (Wildman–Crippen MR) is 110 cm³/mol. The number of carbonyl (C=O) groups excluding carboxylic acids is 2. The van der Waals surface area contributed by atoms with E-state index in [2.05, 4.69) is 16.0 Å². The van der Waals surface area contributed by atoms with E-state index in [-0.39, 0.29) is 18.0 Å². The van der Waals surface area contributed by atoms with E-state index in [1.807, 2.05) is 37.3 Å². The number of aryl methyl sites for hydroxylation is 1. The third-order valence-electron chi connectivity index (χ3n) is 5.04. The minimum absolute atomic E-state index is 0.0505. The highest BCUT2D eigenvalue weighted by Crippen LogP contribution is 2.20. The van der Waals surface area contributed by atoms with Gasteiger partial charge in [-0.1, -0.05) is 25.0 Å². The Morgan fingerprint density at radius 2 is 1.79 bits per heavy atom. The molecule has 3 amide bonds. The van der Waals surface area contributed by atoms with Crippen LogP contribution in [0.3, 0.4) is 0 Å². The Balaban J connectivity index is 1.52. The molecule has 1 aliphatic carbocycles. The maximum Gasteiger partial charge on any atom is 0.319 e. The van der Waals surface area contributed by atoms with Crippen LogP contribution in [0.4, 0.5) is 10.5 Å². The van der Waals surface area contributed by atoms with E-state index < -0.39 is 0 Å². The lowest BCUT2D eigenvalue weighted by Crippen LogP contribution is -2.32. The maximum atomic E-state index is 12.4. The molecule has 2 aromatic rings. The number of nitrogens with one attached hydrogen (secondary N) is 3. The van der Waals surface area contributed by atoms with Gasteiger partial charge in [-0.05, 0) is 61.2 Å². The van der Waals surface area contributed by atoms with Crippen LogP contribution in [0.15, 0.2) is 42.5 Å². The van der Waals surface area contributed by atoms with Crippen LogP contribution in [0.2, 0.25) is 0 Å². The Hall–Kier alpha value is -3.02. The standard InChI is InChI=1S/C22H27N3O3/c1-15-13-17(21(26)24-18-5-3-4-6-18)9-12-20(15)25-22(27)23-14-16-7-10-19(28-2)11-8-16/h7-13,18H,3-6,14H2,1-2H3,(H,24,26)(H2,23,25,27). The van der Waals surface area contributed by atoms with E-state index in [9.17, 15) is 9.59 Å². The minimum Gasteiger partial charge on any atom is -0.497 e. The Labute approximate surface area is 165 Å². The van der Waals surface area contributed by atoms with Crippen LogP contribution >= 0.6 is 0 Å². The summed E-state index contributed by atoms with van der Waals surface area (Å²) in [6.45, 7) is 2.29. The molecular formula is C22H27N3O3. The van der Waals surface area contributed by atoms with Gasteiger partial charge in [-0.25, -0.2) is 4.79 Å². The van der Waals surface area contributed by atoms with Gasteiger partial charge < -0.3 is 20.7 Å². The third kappa shape index (κ3) is 5.25. The van der Waals surface area contributed by atoms with Gasteiger partial charge in [0.2, 0.25) is 0 Å². The molecule has 0 spiro atoms. The molecule has 1 fully saturated rings. The SMILES string of the molecule is COc1ccc(CNC(=O)Nc2ccc(C(=O)NC3CCCC3)cc2C)cc1. The van der Waals surface area contributed by atoms with Gasteiger partial charge in [0.05, 0.1) is 7.11 Å². The fourth-order valence-electron chi connectivity index (χ4n) is 3.38. The number of amides is 3. The van der Waals surface area contributed by atoms with Gasteiger partial charge in [-0.3, -0.25) is 4.79 Å². The summed E-state index contributed by atoms with van der Waals surface area (Å²) in [7, 11) is 1.62. The first-order valence-electron chi connectivity index (χ1n) is 9.64. The summed E-state index contributed by atoms with van der Waals surface area (Å²) in [6, 6.07) is 12.8. The average Bonchev–Trinajstić information content (AvgIpc) is 3.21. The van der Waals surface area contributed by atoms with Crippen molar-refractivity contribution in [1.82, 2.24) is 10.6 Å². The van der Waals surface area contributed by atoms with Crippen LogP contribution in [0.5, 0.6) is 5.75 Å². The highest BCUT2D eigenvalue weighted by Gasteiger charge is 2.18. The molecule has 148 valence electrons. The maximum absolute atomic E-state index is 12.4. The van der Waals surface area contributed by atoms with Crippen molar-refractivity contribution in [2.75, 3.05) is 12.4 Å². The van der Waals surface area contributed by atoms with Crippen molar-refractivity contribution in [1.29, 1.82) is 0 Å². The van der Waals surface area contributed by atoms with Gasteiger partial charge in [0, 0.05) is 23.8 Å². The molecule has 2 aromatic carbocycles. The van der Waals surface area contributed by atoms with Crippen LogP contribution < -0.4 is 20.7 Å². The highest BCUT2D eigenvalue weighted by atomic mass is 16.5. The minimum atomic E-state index is -0.290. The first-order chi connectivity index (χ1) is 13.5. The lowest BCUT2D eigenvalue weighted by molar-refractivity contribution is 0.0938. The number of anilines is 1. The second kappa shape index (κ2) is 9.26. The predicted octanol–water partition coefficient (Wildman–Crippen LogP) is 4.00. The molecule has 1 aliphatic rings. The van der Waals surface area contributed by atoms with Crippen LogP contribution in [0.25, 0.3) is 0 Å². The van der Waals surface area contributed by atoms with E-state index in [0.717, 1.165) is 29.7 Å². The van der Waals surface area contributed by atoms with Gasteiger partial charge in [0.1, 0.15) is 5.75 Å². The number of ether oxygens (including phenoxy) is 1. The third-order valence-corrected chi connectivity index (χ3v) is 5.04. The van der Waals surface area contributed by atoms with Gasteiger partial charge in [0.15, 0.2) is 0 Å². The molecule has 3 N–H and O–H groups in total. The van der Waals surface area contributed by atoms with Crippen molar-refractivity contribution >= 4 is 17.6 Å². The number of benzene rings is 2. The number of methoxy groups -OCH3 is 1. The Morgan fingerprint density at radius 3 is 2.43 bits per heavy atom. The second-order valence-electron chi connectivity index (χ2n) is 7.14. The smallest absolute Gasteiger partial charge is 0.319 e. The van der Waals surface area contributed by atoms with Gasteiger partial charge in [-0.15, -0.1) is 0 Å². The number of urea groups is 1. The molecule has 0 saturated heterocycles. The number of hydrogen-bond acceptors (Lipinski definition) is 3. The molecule has 3 rings (SSSR count). The molecule has 0 atom stereocenters. The molecule has 0 aliphatic heterocycles. The average molecular weight is 381 g/mol. The summed E-state index contributed by atoms with van der Waals surface area (Å²) >= 11 is 0. The largest absolute Gasteiger partial charge is 0.497 e. The fraction of sp³-hybridized carbons (Fsp3) is 0.364. The van der Waals surface area contributed by atoms with E-state index in [0.29, 0.717) is 17.8 Å². The van der Waals surface area contributed by atoms with E-state index in [1.165, 1.54) is 12.8 Å². The van der Waals surface area contributed by atoms with E-state index >= 15 is 0 Å². The normalized spacial score (nSPS) is 13.8. The Kier molecular flexibility index (Phi) is 6.53. The lowest BCUT2D eigenvalue weighted by atomic mass is 10.1. The first-order valence-corrected chi connectivity index (χ1v) is 9.64. The zero-order valence-corrected chi connectivity index (χ0v) is 16.4. The number of rotatable bonds is 6. The lowest BCUT2D eigenvalue weighted by Gasteiger charge is -2.14. The molecule has 0 aromatic heterocycles. The van der Waals surface area contributed by atoms with Crippen molar-refractivity contribution in [2.45, 2.75) is 45.2 Å². The molecule has 6 nitrogen and oxygen atoms in total. The molecule has 1 saturated carbocycles. The summed E-state index contributed by atoms with van der Waals surface area (Å²) in [5.41, 5.74) is 3.13. The van der Waals surface area contributed by atoms with Crippen molar-refractivity contribution in [3.05, 3.63) is 59.2 Å².